The highest BCUT2D eigenvalue weighted by molar-refractivity contribution is 5.52. The van der Waals surface area contributed by atoms with E-state index in [4.69, 9.17) is 0 Å². The Kier molecular flexibility index (Phi) is 6.65. The third-order valence-corrected chi connectivity index (χ3v) is 1.96. The van der Waals surface area contributed by atoms with Gasteiger partial charge in [-0.25, -0.2) is 0 Å². The first-order valence-corrected chi connectivity index (χ1v) is 4.79. The molecule has 0 atom stereocenters. The third kappa shape index (κ3) is 4.28. The maximum absolute atomic E-state index is 3.78. The second-order valence-electron chi connectivity index (χ2n) is 2.96. The number of rotatable bonds is 6. The van der Waals surface area contributed by atoms with Crippen LogP contribution >= 0.6 is 0 Å². The molecule has 0 rings (SSSR count). The monoisotopic (exact) mass is 198 g/mol. The number of allylic oxidation sites excluding steroid dienone is 10. The van der Waals surface area contributed by atoms with Gasteiger partial charge in [-0.3, -0.25) is 0 Å². The summed E-state index contributed by atoms with van der Waals surface area (Å²) in [5, 5.41) is 0. The summed E-state index contributed by atoms with van der Waals surface area (Å²) in [6, 6.07) is 0. The summed E-state index contributed by atoms with van der Waals surface area (Å²) in [7, 11) is 0. The Balaban J connectivity index is 5.45. The van der Waals surface area contributed by atoms with Gasteiger partial charge in [0.25, 0.3) is 0 Å². The van der Waals surface area contributed by atoms with E-state index in [1.165, 1.54) is 0 Å². The SMILES string of the molecule is C=C\C=C/C(C(/C=C)=C\C=C)=C(\C)C=C. The van der Waals surface area contributed by atoms with Crippen LogP contribution in [-0.2, 0) is 0 Å². The largest absolute Gasteiger partial charge is 0.0991 e. The van der Waals surface area contributed by atoms with Crippen molar-refractivity contribution in [3.05, 3.63) is 85.6 Å². The minimum atomic E-state index is 1.03. The molecule has 0 aromatic heterocycles. The zero-order chi connectivity index (χ0) is 11.7. The predicted octanol–water partition coefficient (Wildman–Crippen LogP) is 4.53. The van der Waals surface area contributed by atoms with Crippen LogP contribution in [0, 0.1) is 0 Å². The lowest BCUT2D eigenvalue weighted by Crippen LogP contribution is -1.86. The van der Waals surface area contributed by atoms with Gasteiger partial charge in [-0.2, -0.15) is 0 Å². The van der Waals surface area contributed by atoms with E-state index in [9.17, 15) is 0 Å². The first-order valence-electron chi connectivity index (χ1n) is 4.79. The van der Waals surface area contributed by atoms with Crippen molar-refractivity contribution in [3.63, 3.8) is 0 Å². The average Bonchev–Trinajstić information content (AvgIpc) is 2.27. The molecular formula is C15H18. The zero-order valence-electron chi connectivity index (χ0n) is 9.37. The molecule has 0 fully saturated rings. The summed E-state index contributed by atoms with van der Waals surface area (Å²) in [6.07, 6.45) is 12.9. The topological polar surface area (TPSA) is 0 Å². The summed E-state index contributed by atoms with van der Waals surface area (Å²) < 4.78 is 0. The highest BCUT2D eigenvalue weighted by atomic mass is 14.0. The van der Waals surface area contributed by atoms with Gasteiger partial charge in [-0.1, -0.05) is 68.8 Å². The van der Waals surface area contributed by atoms with E-state index in [0.717, 1.165) is 16.7 Å². The van der Waals surface area contributed by atoms with Gasteiger partial charge in [0.15, 0.2) is 0 Å². The fraction of sp³-hybridized carbons (Fsp3) is 0.0667. The lowest BCUT2D eigenvalue weighted by molar-refractivity contribution is 1.41. The van der Waals surface area contributed by atoms with Crippen molar-refractivity contribution in [1.82, 2.24) is 0 Å². The minimum Gasteiger partial charge on any atom is -0.0991 e. The molecule has 0 nitrogen and oxygen atoms in total. The molecule has 0 aromatic carbocycles. The molecule has 0 spiro atoms. The van der Waals surface area contributed by atoms with Gasteiger partial charge >= 0.3 is 0 Å². The molecule has 0 aromatic rings. The van der Waals surface area contributed by atoms with E-state index < -0.39 is 0 Å². The molecular weight excluding hydrogens is 180 g/mol. The van der Waals surface area contributed by atoms with Crippen LogP contribution in [0.25, 0.3) is 0 Å². The van der Waals surface area contributed by atoms with Gasteiger partial charge in [0.1, 0.15) is 0 Å². The van der Waals surface area contributed by atoms with Crippen LogP contribution in [0.3, 0.4) is 0 Å². The zero-order valence-corrected chi connectivity index (χ0v) is 9.37. The highest BCUT2D eigenvalue weighted by Gasteiger charge is 1.99. The van der Waals surface area contributed by atoms with Gasteiger partial charge in [0, 0.05) is 0 Å². The summed E-state index contributed by atoms with van der Waals surface area (Å²) in [5.74, 6) is 0. The fourth-order valence-electron chi connectivity index (χ4n) is 1.12. The summed E-state index contributed by atoms with van der Waals surface area (Å²) in [5.41, 5.74) is 3.21. The van der Waals surface area contributed by atoms with E-state index in [0.29, 0.717) is 0 Å². The third-order valence-electron chi connectivity index (χ3n) is 1.96. The maximum Gasteiger partial charge on any atom is -0.0155 e. The molecule has 0 saturated heterocycles. The number of hydrogen-bond acceptors (Lipinski definition) is 0. The van der Waals surface area contributed by atoms with E-state index >= 15 is 0 Å². The first kappa shape index (κ1) is 13.2. The van der Waals surface area contributed by atoms with Crippen LogP contribution < -0.4 is 0 Å². The van der Waals surface area contributed by atoms with Crippen molar-refractivity contribution >= 4 is 0 Å². The Morgan fingerprint density at radius 3 is 2.00 bits per heavy atom. The van der Waals surface area contributed by atoms with Crippen molar-refractivity contribution in [3.8, 4) is 0 Å². The molecule has 0 bridgehead atoms. The van der Waals surface area contributed by atoms with E-state index in [-0.39, 0.29) is 0 Å². The van der Waals surface area contributed by atoms with Crippen molar-refractivity contribution in [1.29, 1.82) is 0 Å². The van der Waals surface area contributed by atoms with E-state index in [2.05, 4.69) is 26.3 Å². The summed E-state index contributed by atoms with van der Waals surface area (Å²) in [6.45, 7) is 16.9. The second-order valence-corrected chi connectivity index (χ2v) is 2.96. The van der Waals surface area contributed by atoms with Crippen molar-refractivity contribution < 1.29 is 0 Å². The summed E-state index contributed by atoms with van der Waals surface area (Å²) in [4.78, 5) is 0. The van der Waals surface area contributed by atoms with Gasteiger partial charge in [0.05, 0.1) is 0 Å². The number of hydrogen-bond donors (Lipinski definition) is 0. The Bertz CT molecular complexity index is 346. The molecule has 0 saturated carbocycles. The van der Waals surface area contributed by atoms with Gasteiger partial charge in [-0.15, -0.1) is 0 Å². The summed E-state index contributed by atoms with van der Waals surface area (Å²) >= 11 is 0. The smallest absolute Gasteiger partial charge is 0.0155 e. The fourth-order valence-corrected chi connectivity index (χ4v) is 1.12. The van der Waals surface area contributed by atoms with E-state index in [1.54, 1.807) is 18.2 Å². The molecule has 15 heavy (non-hydrogen) atoms. The molecule has 0 N–H and O–H groups in total. The highest BCUT2D eigenvalue weighted by Crippen LogP contribution is 2.18. The molecule has 0 amide bonds. The standard InChI is InChI=1S/C15H18/c1-6-10-12-15(13(5)8-3)14(9-4)11-7-2/h6-12H,1-4H2,5H3/b12-10-,14-11-,15-13-. The molecule has 0 heterocycles. The molecule has 0 heteroatoms. The molecule has 78 valence electrons. The predicted molar refractivity (Wildman–Crippen MR) is 70.7 cm³/mol. The van der Waals surface area contributed by atoms with Crippen LogP contribution in [-0.4, -0.2) is 0 Å². The lowest BCUT2D eigenvalue weighted by atomic mass is 9.99. The van der Waals surface area contributed by atoms with Crippen molar-refractivity contribution in [2.45, 2.75) is 6.92 Å². The Hall–Kier alpha value is -1.82. The van der Waals surface area contributed by atoms with Crippen LogP contribution in [0.5, 0.6) is 0 Å². The normalized spacial score (nSPS) is 13.3. The molecule has 0 radical (unpaired) electrons. The van der Waals surface area contributed by atoms with Crippen LogP contribution in [0.4, 0.5) is 0 Å². The molecule has 0 aliphatic carbocycles. The van der Waals surface area contributed by atoms with Gasteiger partial charge < -0.3 is 0 Å². The van der Waals surface area contributed by atoms with Crippen molar-refractivity contribution in [2.24, 2.45) is 0 Å². The second kappa shape index (κ2) is 7.57. The maximum atomic E-state index is 3.78. The molecule has 0 unspecified atom stereocenters. The van der Waals surface area contributed by atoms with Gasteiger partial charge in [-0.05, 0) is 23.6 Å². The van der Waals surface area contributed by atoms with Crippen molar-refractivity contribution in [2.75, 3.05) is 0 Å². The van der Waals surface area contributed by atoms with Gasteiger partial charge in [0.2, 0.25) is 0 Å². The first-order chi connectivity index (χ1) is 7.21. The Labute approximate surface area is 93.0 Å². The molecule has 0 aliphatic heterocycles. The molecule has 0 aliphatic rings. The average molecular weight is 198 g/mol. The van der Waals surface area contributed by atoms with Crippen LogP contribution in [0.15, 0.2) is 85.6 Å². The van der Waals surface area contributed by atoms with Crippen LogP contribution in [0.1, 0.15) is 6.92 Å². The van der Waals surface area contributed by atoms with Crippen LogP contribution in [0.2, 0.25) is 0 Å². The minimum absolute atomic E-state index is 1.03. The Morgan fingerprint density at radius 1 is 0.933 bits per heavy atom. The van der Waals surface area contributed by atoms with E-state index in [1.807, 2.05) is 31.2 Å². The quantitative estimate of drug-likeness (QED) is 0.550. The lowest BCUT2D eigenvalue weighted by Gasteiger charge is -2.05. The Morgan fingerprint density at radius 2 is 1.60 bits per heavy atom.